The van der Waals surface area contributed by atoms with Gasteiger partial charge in [0.1, 0.15) is 0 Å². The number of fused-ring (bicyclic) bond motifs is 1. The van der Waals surface area contributed by atoms with Gasteiger partial charge in [0.15, 0.2) is 5.65 Å². The van der Waals surface area contributed by atoms with E-state index >= 15 is 0 Å². The standard InChI is InChI=1S/C9H12N4S/c1-9(2,3)13-8-6(4-11-13)7(14)5-10-12-8/h4-5H,1-3H3,(H,12,14). The SMILES string of the molecule is CC(C)(C)n1ncc2c(=S)cn[nH]c21. The highest BCUT2D eigenvalue weighted by atomic mass is 32.1. The highest BCUT2D eigenvalue weighted by Crippen LogP contribution is 2.19. The maximum atomic E-state index is 5.15. The fourth-order valence-corrected chi connectivity index (χ4v) is 1.57. The summed E-state index contributed by atoms with van der Waals surface area (Å²) in [4.78, 5) is 0. The predicted octanol–water partition coefficient (Wildman–Crippen LogP) is 2.24. The van der Waals surface area contributed by atoms with E-state index in [1.54, 1.807) is 12.4 Å². The first-order valence-electron chi connectivity index (χ1n) is 4.42. The van der Waals surface area contributed by atoms with Crippen LogP contribution >= 0.6 is 12.2 Å². The topological polar surface area (TPSA) is 46.5 Å². The molecule has 2 heterocycles. The summed E-state index contributed by atoms with van der Waals surface area (Å²) in [6.07, 6.45) is 3.41. The molecule has 0 aliphatic rings. The minimum absolute atomic E-state index is 0.0664. The van der Waals surface area contributed by atoms with Gasteiger partial charge in [-0.3, -0.25) is 5.10 Å². The van der Waals surface area contributed by atoms with Crippen molar-refractivity contribution in [2.45, 2.75) is 26.3 Å². The van der Waals surface area contributed by atoms with Gasteiger partial charge in [-0.15, -0.1) is 0 Å². The predicted molar refractivity (Wildman–Crippen MR) is 57.7 cm³/mol. The highest BCUT2D eigenvalue weighted by Gasteiger charge is 2.17. The molecule has 0 fully saturated rings. The van der Waals surface area contributed by atoms with E-state index in [1.807, 2.05) is 4.68 Å². The van der Waals surface area contributed by atoms with E-state index in [4.69, 9.17) is 12.2 Å². The largest absolute Gasteiger partial charge is 0.261 e. The Kier molecular flexibility index (Phi) is 1.92. The normalized spacial score (nSPS) is 12.2. The van der Waals surface area contributed by atoms with Gasteiger partial charge in [-0.1, -0.05) is 12.2 Å². The fourth-order valence-electron chi connectivity index (χ4n) is 1.37. The molecule has 2 aromatic heterocycles. The molecule has 5 heteroatoms. The molecule has 1 N–H and O–H groups in total. The molecular weight excluding hydrogens is 196 g/mol. The molecule has 0 aromatic carbocycles. The summed E-state index contributed by atoms with van der Waals surface area (Å²) in [7, 11) is 0. The van der Waals surface area contributed by atoms with Crippen LogP contribution in [0.1, 0.15) is 20.8 Å². The Bertz CT molecular complexity index is 517. The van der Waals surface area contributed by atoms with Crippen LogP contribution in [0.5, 0.6) is 0 Å². The minimum Gasteiger partial charge on any atom is -0.261 e. The van der Waals surface area contributed by atoms with Crippen molar-refractivity contribution in [3.8, 4) is 0 Å². The van der Waals surface area contributed by atoms with E-state index in [2.05, 4.69) is 36.1 Å². The number of hydrogen-bond donors (Lipinski definition) is 1. The first kappa shape index (κ1) is 9.33. The zero-order valence-electron chi connectivity index (χ0n) is 8.40. The van der Waals surface area contributed by atoms with Gasteiger partial charge in [0.2, 0.25) is 0 Å². The van der Waals surface area contributed by atoms with Gasteiger partial charge in [-0.05, 0) is 20.8 Å². The number of nitrogens with one attached hydrogen (secondary N) is 1. The van der Waals surface area contributed by atoms with Crippen LogP contribution in [0.3, 0.4) is 0 Å². The van der Waals surface area contributed by atoms with E-state index < -0.39 is 0 Å². The van der Waals surface area contributed by atoms with E-state index in [0.29, 0.717) is 0 Å². The van der Waals surface area contributed by atoms with Gasteiger partial charge >= 0.3 is 0 Å². The third kappa shape index (κ3) is 1.33. The number of aromatic nitrogens is 4. The second-order valence-corrected chi connectivity index (χ2v) is 4.66. The lowest BCUT2D eigenvalue weighted by atomic mass is 10.1. The van der Waals surface area contributed by atoms with Crippen LogP contribution in [0, 0.1) is 4.51 Å². The average molecular weight is 208 g/mol. The van der Waals surface area contributed by atoms with Crippen molar-refractivity contribution >= 4 is 23.3 Å². The molecule has 0 saturated carbocycles. The number of aromatic amines is 1. The Morgan fingerprint density at radius 3 is 2.71 bits per heavy atom. The maximum absolute atomic E-state index is 5.15. The van der Waals surface area contributed by atoms with Gasteiger partial charge in [0.25, 0.3) is 0 Å². The summed E-state index contributed by atoms with van der Waals surface area (Å²) in [5.41, 5.74) is 0.813. The third-order valence-electron chi connectivity index (χ3n) is 2.02. The van der Waals surface area contributed by atoms with Gasteiger partial charge in [0, 0.05) is 0 Å². The lowest BCUT2D eigenvalue weighted by Crippen LogP contribution is -2.23. The van der Waals surface area contributed by atoms with Crippen molar-refractivity contribution < 1.29 is 0 Å². The van der Waals surface area contributed by atoms with E-state index in [-0.39, 0.29) is 5.54 Å². The quantitative estimate of drug-likeness (QED) is 0.675. The zero-order chi connectivity index (χ0) is 10.3. The molecule has 74 valence electrons. The Hall–Kier alpha value is -1.23. The maximum Gasteiger partial charge on any atom is 0.154 e. The Balaban J connectivity index is 2.83. The molecule has 0 amide bonds. The van der Waals surface area contributed by atoms with Gasteiger partial charge in [-0.25, -0.2) is 4.68 Å². The number of hydrogen-bond acceptors (Lipinski definition) is 3. The van der Waals surface area contributed by atoms with Crippen LogP contribution < -0.4 is 0 Å². The molecule has 2 aromatic rings. The van der Waals surface area contributed by atoms with Crippen LogP contribution in [-0.2, 0) is 5.54 Å². The molecule has 14 heavy (non-hydrogen) atoms. The summed E-state index contributed by atoms with van der Waals surface area (Å²) in [5.74, 6) is 0. The lowest BCUT2D eigenvalue weighted by Gasteiger charge is -2.19. The zero-order valence-corrected chi connectivity index (χ0v) is 9.22. The molecule has 0 spiro atoms. The van der Waals surface area contributed by atoms with Gasteiger partial charge < -0.3 is 0 Å². The van der Waals surface area contributed by atoms with E-state index in [0.717, 1.165) is 15.5 Å². The molecule has 0 atom stereocenters. The molecule has 0 aliphatic carbocycles. The second-order valence-electron chi connectivity index (χ2n) is 4.22. The van der Waals surface area contributed by atoms with Crippen molar-refractivity contribution in [3.05, 3.63) is 16.9 Å². The van der Waals surface area contributed by atoms with E-state index in [1.165, 1.54) is 0 Å². The molecular formula is C9H12N4S. The Morgan fingerprint density at radius 2 is 2.07 bits per heavy atom. The van der Waals surface area contributed by atoms with Crippen molar-refractivity contribution in [2.75, 3.05) is 0 Å². The molecule has 0 unspecified atom stereocenters. The molecule has 0 aliphatic heterocycles. The number of rotatable bonds is 0. The Labute approximate surface area is 86.9 Å². The van der Waals surface area contributed by atoms with Crippen LogP contribution in [0.4, 0.5) is 0 Å². The summed E-state index contributed by atoms with van der Waals surface area (Å²) < 4.78 is 2.62. The van der Waals surface area contributed by atoms with Crippen LogP contribution in [0.25, 0.3) is 11.0 Å². The smallest absolute Gasteiger partial charge is 0.154 e. The molecule has 0 radical (unpaired) electrons. The first-order chi connectivity index (χ1) is 6.50. The summed E-state index contributed by atoms with van der Waals surface area (Å²) >= 11 is 5.15. The second kappa shape index (κ2) is 2.88. The molecule has 4 nitrogen and oxygen atoms in total. The van der Waals surface area contributed by atoms with Crippen molar-refractivity contribution in [3.63, 3.8) is 0 Å². The van der Waals surface area contributed by atoms with Gasteiger partial charge in [-0.2, -0.15) is 10.2 Å². The molecule has 0 saturated heterocycles. The fraction of sp³-hybridized carbons (Fsp3) is 0.444. The van der Waals surface area contributed by atoms with Crippen LogP contribution in [-0.4, -0.2) is 20.0 Å². The number of H-pyrrole nitrogens is 1. The average Bonchev–Trinajstić information content (AvgIpc) is 2.47. The highest BCUT2D eigenvalue weighted by molar-refractivity contribution is 7.71. The summed E-state index contributed by atoms with van der Waals surface area (Å²) in [6, 6.07) is 0. The molecule has 0 bridgehead atoms. The van der Waals surface area contributed by atoms with Crippen LogP contribution in [0.2, 0.25) is 0 Å². The third-order valence-corrected chi connectivity index (χ3v) is 2.35. The van der Waals surface area contributed by atoms with E-state index in [9.17, 15) is 0 Å². The summed E-state index contributed by atoms with van der Waals surface area (Å²) in [6.45, 7) is 6.26. The summed E-state index contributed by atoms with van der Waals surface area (Å²) in [5, 5.41) is 12.2. The minimum atomic E-state index is -0.0664. The van der Waals surface area contributed by atoms with Crippen molar-refractivity contribution in [2.24, 2.45) is 0 Å². The van der Waals surface area contributed by atoms with Crippen molar-refractivity contribution in [1.82, 2.24) is 20.0 Å². The molecule has 2 rings (SSSR count). The van der Waals surface area contributed by atoms with Gasteiger partial charge in [0.05, 0.1) is 27.8 Å². The monoisotopic (exact) mass is 208 g/mol. The lowest BCUT2D eigenvalue weighted by molar-refractivity contribution is 0.365. The number of nitrogens with zero attached hydrogens (tertiary/aromatic N) is 3. The van der Waals surface area contributed by atoms with Crippen molar-refractivity contribution in [1.29, 1.82) is 0 Å². The Morgan fingerprint density at radius 1 is 1.36 bits per heavy atom. The van der Waals surface area contributed by atoms with Crippen LogP contribution in [0.15, 0.2) is 12.4 Å². The first-order valence-corrected chi connectivity index (χ1v) is 4.83.